The van der Waals surface area contributed by atoms with Gasteiger partial charge in [0.25, 0.3) is 0 Å². The highest BCUT2D eigenvalue weighted by Gasteiger charge is 2.20. The van der Waals surface area contributed by atoms with Gasteiger partial charge in [0.2, 0.25) is 0 Å². The number of hydrogen-bond donors (Lipinski definition) is 0. The van der Waals surface area contributed by atoms with E-state index in [0.29, 0.717) is 0 Å². The van der Waals surface area contributed by atoms with Crippen LogP contribution in [0.25, 0.3) is 120 Å². The van der Waals surface area contributed by atoms with Gasteiger partial charge < -0.3 is 8.83 Å². The Morgan fingerprint density at radius 3 is 1.48 bits per heavy atom. The Bertz CT molecular complexity index is 3430. The molecule has 0 radical (unpaired) electrons. The van der Waals surface area contributed by atoms with Gasteiger partial charge in [0.15, 0.2) is 0 Å². The zero-order chi connectivity index (χ0) is 35.3. The summed E-state index contributed by atoms with van der Waals surface area (Å²) in [7, 11) is 0. The minimum atomic E-state index is 0.906. The van der Waals surface area contributed by atoms with E-state index >= 15 is 0 Å². The summed E-state index contributed by atoms with van der Waals surface area (Å²) in [5.41, 5.74) is 10.8. The van der Waals surface area contributed by atoms with E-state index in [-0.39, 0.29) is 0 Å². The number of furan rings is 2. The number of para-hydroxylation sites is 1. The van der Waals surface area contributed by atoms with Gasteiger partial charge in [-0.2, -0.15) is 0 Å². The molecule has 0 spiro atoms. The van der Waals surface area contributed by atoms with Crippen molar-refractivity contribution in [3.05, 3.63) is 182 Å². The molecular weight excluding hydrogens is 657 g/mol. The smallest absolute Gasteiger partial charge is 0.136 e. The van der Waals surface area contributed by atoms with Crippen LogP contribution in [-0.2, 0) is 0 Å². The molecule has 10 aromatic carbocycles. The summed E-state index contributed by atoms with van der Waals surface area (Å²) < 4.78 is 13.0. The molecule has 12 aromatic rings. The zero-order valence-corrected chi connectivity index (χ0v) is 29.1. The van der Waals surface area contributed by atoms with E-state index in [0.717, 1.165) is 44.2 Å². The Kier molecular flexibility index (Phi) is 6.09. The largest absolute Gasteiger partial charge is 0.456 e. The van der Waals surface area contributed by atoms with Crippen molar-refractivity contribution in [3.63, 3.8) is 0 Å². The Morgan fingerprint density at radius 1 is 0.259 bits per heavy atom. The predicted octanol–water partition coefficient (Wildman–Crippen LogP) is 15.1. The average Bonchev–Trinajstić information content (AvgIpc) is 3.81. The minimum absolute atomic E-state index is 0.906. The SMILES string of the molecule is c1ccc2c(c1)ccc1oc3cc(-c4ccc(-c5c6ccccc6c(-c6ccc7c(c6)oc6ccccc67)c6ccccc56)cc4)c4ccccc4c3c12. The molecule has 0 N–H and O–H groups in total. The van der Waals surface area contributed by atoms with Crippen LogP contribution >= 0.6 is 0 Å². The molecule has 0 saturated heterocycles. The number of hydrogen-bond acceptors (Lipinski definition) is 2. The molecular formula is C52H30O2. The fourth-order valence-corrected chi connectivity index (χ4v) is 9.09. The molecule has 2 nitrogen and oxygen atoms in total. The van der Waals surface area contributed by atoms with E-state index in [1.807, 2.05) is 12.1 Å². The second kappa shape index (κ2) is 11.2. The van der Waals surface area contributed by atoms with E-state index in [9.17, 15) is 0 Å². The van der Waals surface area contributed by atoms with Crippen molar-refractivity contribution >= 4 is 87.0 Å². The van der Waals surface area contributed by atoms with Crippen molar-refractivity contribution in [2.45, 2.75) is 0 Å². The lowest BCUT2D eigenvalue weighted by Gasteiger charge is -2.18. The fraction of sp³-hybridized carbons (Fsp3) is 0. The van der Waals surface area contributed by atoms with Crippen molar-refractivity contribution in [1.82, 2.24) is 0 Å². The normalized spacial score (nSPS) is 12.1. The Labute approximate surface area is 310 Å². The van der Waals surface area contributed by atoms with Crippen molar-refractivity contribution in [3.8, 4) is 33.4 Å². The lowest BCUT2D eigenvalue weighted by molar-refractivity contribution is 0.669. The van der Waals surface area contributed by atoms with Crippen LogP contribution in [0.2, 0.25) is 0 Å². The molecule has 0 unspecified atom stereocenters. The standard InChI is InChI=1S/C52H30O2/c1-2-12-35-31(11-1)26-28-46-51(35)52-39-15-4-3-13-36(39)44(30-48(52)54-46)32-21-23-33(24-22-32)49-40-16-5-7-18-42(40)50(43-19-8-6-17-41(43)49)34-25-27-38-37-14-9-10-20-45(37)53-47(38)29-34/h1-30H. The van der Waals surface area contributed by atoms with Crippen LogP contribution in [0, 0.1) is 0 Å². The van der Waals surface area contributed by atoms with Gasteiger partial charge in [-0.25, -0.2) is 0 Å². The Balaban J connectivity index is 1.04. The zero-order valence-electron chi connectivity index (χ0n) is 29.1. The molecule has 0 aliphatic heterocycles. The summed E-state index contributed by atoms with van der Waals surface area (Å²) in [6.07, 6.45) is 0. The summed E-state index contributed by atoms with van der Waals surface area (Å²) >= 11 is 0. The minimum Gasteiger partial charge on any atom is -0.456 e. The molecule has 0 saturated carbocycles. The third-order valence-corrected chi connectivity index (χ3v) is 11.5. The molecule has 2 heterocycles. The van der Waals surface area contributed by atoms with Gasteiger partial charge in [-0.05, 0) is 107 Å². The van der Waals surface area contributed by atoms with Crippen LogP contribution < -0.4 is 0 Å². The third-order valence-electron chi connectivity index (χ3n) is 11.5. The van der Waals surface area contributed by atoms with Gasteiger partial charge in [0.1, 0.15) is 22.3 Å². The topological polar surface area (TPSA) is 26.3 Å². The second-order valence-electron chi connectivity index (χ2n) is 14.3. The molecule has 0 aliphatic carbocycles. The molecule has 0 bridgehead atoms. The molecule has 0 aliphatic rings. The van der Waals surface area contributed by atoms with Gasteiger partial charge in [-0.3, -0.25) is 0 Å². The van der Waals surface area contributed by atoms with E-state index in [2.05, 4.69) is 170 Å². The predicted molar refractivity (Wildman–Crippen MR) is 227 cm³/mol. The summed E-state index contributed by atoms with van der Waals surface area (Å²) in [5, 5.41) is 14.4. The maximum atomic E-state index is 6.60. The first-order valence-electron chi connectivity index (χ1n) is 18.5. The molecule has 54 heavy (non-hydrogen) atoms. The van der Waals surface area contributed by atoms with E-state index in [1.54, 1.807) is 0 Å². The molecule has 0 atom stereocenters. The maximum absolute atomic E-state index is 6.60. The van der Waals surface area contributed by atoms with E-state index in [4.69, 9.17) is 8.83 Å². The fourth-order valence-electron chi connectivity index (χ4n) is 9.09. The first kappa shape index (κ1) is 29.4. The second-order valence-corrected chi connectivity index (χ2v) is 14.3. The summed E-state index contributed by atoms with van der Waals surface area (Å²) in [4.78, 5) is 0. The van der Waals surface area contributed by atoms with Crippen molar-refractivity contribution in [1.29, 1.82) is 0 Å². The van der Waals surface area contributed by atoms with Crippen LogP contribution in [0.3, 0.4) is 0 Å². The summed E-state index contributed by atoms with van der Waals surface area (Å²) in [5.74, 6) is 0. The molecule has 2 heteroatoms. The molecule has 0 amide bonds. The van der Waals surface area contributed by atoms with Gasteiger partial charge in [0, 0.05) is 21.5 Å². The monoisotopic (exact) mass is 686 g/mol. The highest BCUT2D eigenvalue weighted by molar-refractivity contribution is 6.28. The van der Waals surface area contributed by atoms with Crippen LogP contribution in [0.5, 0.6) is 0 Å². The van der Waals surface area contributed by atoms with Crippen molar-refractivity contribution in [2.75, 3.05) is 0 Å². The molecule has 250 valence electrons. The Hall–Kier alpha value is -7.16. The maximum Gasteiger partial charge on any atom is 0.136 e. The van der Waals surface area contributed by atoms with Crippen LogP contribution in [0.1, 0.15) is 0 Å². The molecule has 12 rings (SSSR count). The highest BCUT2D eigenvalue weighted by atomic mass is 16.3. The lowest BCUT2D eigenvalue weighted by Crippen LogP contribution is -1.91. The number of benzene rings is 10. The van der Waals surface area contributed by atoms with Gasteiger partial charge in [0.05, 0.1) is 0 Å². The highest BCUT2D eigenvalue weighted by Crippen LogP contribution is 2.46. The van der Waals surface area contributed by atoms with Crippen LogP contribution in [-0.4, -0.2) is 0 Å². The van der Waals surface area contributed by atoms with Gasteiger partial charge in [-0.15, -0.1) is 0 Å². The number of rotatable bonds is 3. The molecule has 0 fully saturated rings. The first-order chi connectivity index (χ1) is 26.8. The summed E-state index contributed by atoms with van der Waals surface area (Å²) in [6, 6.07) is 65.5. The number of fused-ring (bicyclic) bond motifs is 12. The van der Waals surface area contributed by atoms with Gasteiger partial charge in [-0.1, -0.05) is 152 Å². The van der Waals surface area contributed by atoms with Crippen LogP contribution in [0.15, 0.2) is 191 Å². The third kappa shape index (κ3) is 4.17. The quantitative estimate of drug-likeness (QED) is 0.173. The van der Waals surface area contributed by atoms with Crippen molar-refractivity contribution < 1.29 is 8.83 Å². The lowest BCUT2D eigenvalue weighted by atomic mass is 9.85. The first-order valence-corrected chi connectivity index (χ1v) is 18.5. The Morgan fingerprint density at radius 2 is 0.759 bits per heavy atom. The van der Waals surface area contributed by atoms with E-state index in [1.165, 1.54) is 76.1 Å². The average molecular weight is 687 g/mol. The van der Waals surface area contributed by atoms with Gasteiger partial charge >= 0.3 is 0 Å². The van der Waals surface area contributed by atoms with Crippen LogP contribution in [0.4, 0.5) is 0 Å². The van der Waals surface area contributed by atoms with Crippen molar-refractivity contribution in [2.24, 2.45) is 0 Å². The van der Waals surface area contributed by atoms with E-state index < -0.39 is 0 Å². The summed E-state index contributed by atoms with van der Waals surface area (Å²) in [6.45, 7) is 0. The molecule has 2 aromatic heterocycles.